The molecule has 1 aliphatic heterocycles. The van der Waals surface area contributed by atoms with Crippen molar-refractivity contribution in [1.82, 2.24) is 18.9 Å². The highest BCUT2D eigenvalue weighted by atomic mass is 32.2. The number of fused-ring (bicyclic) bond motifs is 2. The maximum Gasteiger partial charge on any atom is 0.237 e. The van der Waals surface area contributed by atoms with Gasteiger partial charge in [0.2, 0.25) is 10.0 Å². The van der Waals surface area contributed by atoms with Crippen molar-refractivity contribution in [2.75, 3.05) is 30.9 Å². The quantitative estimate of drug-likeness (QED) is 0.557. The third-order valence-electron chi connectivity index (χ3n) is 5.33. The zero-order valence-corrected chi connectivity index (χ0v) is 17.0. The van der Waals surface area contributed by atoms with E-state index in [-0.39, 0.29) is 6.04 Å². The number of ether oxygens (including phenoxy) is 1. The lowest BCUT2D eigenvalue weighted by atomic mass is 10.1. The molecule has 0 unspecified atom stereocenters. The van der Waals surface area contributed by atoms with Crippen LogP contribution in [0.2, 0.25) is 0 Å². The first-order valence-corrected chi connectivity index (χ1v) is 11.3. The molecular formula is C20H21N5O3S. The standard InChI is InChI=1S/C20H21N5O3S/c1-13-12-28-8-7-24(13)18-10-17(15-9-14-3-5-21-19(14)22-11-15)23-20-16(18)4-6-25(20)29(2,26)27/h3-6,9-11,13H,7-8,12H2,1-2H3,(H,21,22)/t13-/m1/s1. The third kappa shape index (κ3) is 3.06. The fourth-order valence-corrected chi connectivity index (χ4v) is 4.62. The van der Waals surface area contributed by atoms with Crippen molar-refractivity contribution < 1.29 is 13.2 Å². The monoisotopic (exact) mass is 411 g/mol. The average Bonchev–Trinajstić information content (AvgIpc) is 3.33. The summed E-state index contributed by atoms with van der Waals surface area (Å²) in [5, 5.41) is 1.78. The maximum atomic E-state index is 12.3. The Morgan fingerprint density at radius 1 is 1.28 bits per heavy atom. The van der Waals surface area contributed by atoms with Crippen LogP contribution in [0.3, 0.4) is 0 Å². The summed E-state index contributed by atoms with van der Waals surface area (Å²) in [7, 11) is -3.48. The minimum absolute atomic E-state index is 0.175. The van der Waals surface area contributed by atoms with Gasteiger partial charge in [-0.05, 0) is 31.2 Å². The normalized spacial score (nSPS) is 18.0. The van der Waals surface area contributed by atoms with Gasteiger partial charge in [0.25, 0.3) is 0 Å². The second-order valence-corrected chi connectivity index (χ2v) is 9.25. The van der Waals surface area contributed by atoms with Gasteiger partial charge in [0, 0.05) is 47.5 Å². The first-order chi connectivity index (χ1) is 13.9. The SMILES string of the molecule is C[C@@H]1COCCN1c1cc(-c2cnc3[nH]ccc3c2)nc2c1ccn2S(C)(=O)=O. The van der Waals surface area contributed by atoms with Crippen LogP contribution in [-0.4, -0.2) is 59.4 Å². The molecule has 4 aromatic rings. The largest absolute Gasteiger partial charge is 0.377 e. The Morgan fingerprint density at radius 2 is 2.14 bits per heavy atom. The fraction of sp³-hybridized carbons (Fsp3) is 0.300. The number of aromatic nitrogens is 4. The molecule has 150 valence electrons. The van der Waals surface area contributed by atoms with Gasteiger partial charge in [0.05, 0.1) is 30.9 Å². The molecule has 1 fully saturated rings. The van der Waals surface area contributed by atoms with Crippen molar-refractivity contribution >= 4 is 37.8 Å². The van der Waals surface area contributed by atoms with Gasteiger partial charge in [-0.2, -0.15) is 0 Å². The molecule has 1 aliphatic rings. The summed E-state index contributed by atoms with van der Waals surface area (Å²) in [6, 6.07) is 7.97. The highest BCUT2D eigenvalue weighted by Gasteiger charge is 2.24. The van der Waals surface area contributed by atoms with Crippen molar-refractivity contribution in [1.29, 1.82) is 0 Å². The Bertz CT molecular complexity index is 1320. The minimum atomic E-state index is -3.48. The number of hydrogen-bond donors (Lipinski definition) is 1. The summed E-state index contributed by atoms with van der Waals surface area (Å²) in [5.74, 6) is 0. The lowest BCUT2D eigenvalue weighted by Gasteiger charge is -2.35. The van der Waals surface area contributed by atoms with Gasteiger partial charge in [0.15, 0.2) is 5.65 Å². The van der Waals surface area contributed by atoms with E-state index in [4.69, 9.17) is 9.72 Å². The second kappa shape index (κ2) is 6.57. The van der Waals surface area contributed by atoms with E-state index >= 15 is 0 Å². The first-order valence-electron chi connectivity index (χ1n) is 9.42. The minimum Gasteiger partial charge on any atom is -0.377 e. The number of nitrogens with one attached hydrogen (secondary N) is 1. The second-order valence-electron chi connectivity index (χ2n) is 7.40. The van der Waals surface area contributed by atoms with E-state index in [9.17, 15) is 8.42 Å². The molecule has 0 amide bonds. The van der Waals surface area contributed by atoms with Crippen LogP contribution in [0.25, 0.3) is 33.3 Å². The summed E-state index contributed by atoms with van der Waals surface area (Å²) in [6.07, 6.45) is 6.35. The Kier molecular flexibility index (Phi) is 4.11. The van der Waals surface area contributed by atoms with Gasteiger partial charge in [0.1, 0.15) is 5.65 Å². The first kappa shape index (κ1) is 18.1. The predicted molar refractivity (Wildman–Crippen MR) is 113 cm³/mol. The lowest BCUT2D eigenvalue weighted by Crippen LogP contribution is -2.43. The molecule has 0 saturated carbocycles. The number of morpholine rings is 1. The van der Waals surface area contributed by atoms with Gasteiger partial charge in [-0.1, -0.05) is 0 Å². The van der Waals surface area contributed by atoms with Gasteiger partial charge in [-0.15, -0.1) is 0 Å². The molecular weight excluding hydrogens is 390 g/mol. The number of anilines is 1. The third-order valence-corrected chi connectivity index (χ3v) is 6.34. The summed E-state index contributed by atoms with van der Waals surface area (Å²) < 4.78 is 31.5. The molecule has 1 atom stereocenters. The topological polar surface area (TPSA) is 93.1 Å². The van der Waals surface area contributed by atoms with Crippen LogP contribution < -0.4 is 4.90 Å². The van der Waals surface area contributed by atoms with E-state index in [1.165, 1.54) is 10.2 Å². The number of rotatable bonds is 3. The number of H-pyrrole nitrogens is 1. The molecule has 0 bridgehead atoms. The molecule has 9 heteroatoms. The van der Waals surface area contributed by atoms with Crippen LogP contribution in [0.15, 0.2) is 42.9 Å². The van der Waals surface area contributed by atoms with E-state index < -0.39 is 10.0 Å². The van der Waals surface area contributed by atoms with Crippen LogP contribution in [0, 0.1) is 0 Å². The summed E-state index contributed by atoms with van der Waals surface area (Å²) in [6.45, 7) is 4.10. The molecule has 0 aliphatic carbocycles. The Labute approximate surface area is 168 Å². The average molecular weight is 411 g/mol. The zero-order valence-electron chi connectivity index (χ0n) is 16.2. The van der Waals surface area contributed by atoms with Gasteiger partial charge in [-0.3, -0.25) is 0 Å². The van der Waals surface area contributed by atoms with Crippen molar-refractivity contribution in [2.45, 2.75) is 13.0 Å². The van der Waals surface area contributed by atoms with E-state index in [1.54, 1.807) is 12.4 Å². The van der Waals surface area contributed by atoms with Crippen LogP contribution in [-0.2, 0) is 14.8 Å². The number of pyridine rings is 2. The molecule has 5 rings (SSSR count). The van der Waals surface area contributed by atoms with Gasteiger partial charge in [-0.25, -0.2) is 22.4 Å². The van der Waals surface area contributed by atoms with Crippen LogP contribution in [0.4, 0.5) is 5.69 Å². The smallest absolute Gasteiger partial charge is 0.237 e. The van der Waals surface area contributed by atoms with Crippen LogP contribution >= 0.6 is 0 Å². The zero-order chi connectivity index (χ0) is 20.2. The Morgan fingerprint density at radius 3 is 2.93 bits per heavy atom. The highest BCUT2D eigenvalue weighted by molar-refractivity contribution is 7.89. The number of aromatic amines is 1. The lowest BCUT2D eigenvalue weighted by molar-refractivity contribution is 0.0991. The highest BCUT2D eigenvalue weighted by Crippen LogP contribution is 2.34. The van der Waals surface area contributed by atoms with E-state index in [0.29, 0.717) is 24.6 Å². The van der Waals surface area contributed by atoms with E-state index in [1.807, 2.05) is 30.5 Å². The number of nitrogens with zero attached hydrogens (tertiary/aromatic N) is 4. The van der Waals surface area contributed by atoms with Crippen molar-refractivity contribution in [2.24, 2.45) is 0 Å². The van der Waals surface area contributed by atoms with Crippen molar-refractivity contribution in [3.63, 3.8) is 0 Å². The maximum absolute atomic E-state index is 12.3. The van der Waals surface area contributed by atoms with Crippen molar-refractivity contribution in [3.05, 3.63) is 42.9 Å². The van der Waals surface area contributed by atoms with Crippen LogP contribution in [0.1, 0.15) is 6.92 Å². The predicted octanol–water partition coefficient (Wildman–Crippen LogP) is 2.61. The van der Waals surface area contributed by atoms with Gasteiger partial charge >= 0.3 is 0 Å². The molecule has 0 radical (unpaired) electrons. The molecule has 5 heterocycles. The summed E-state index contributed by atoms with van der Waals surface area (Å²) in [5.41, 5.74) is 3.70. The molecule has 1 N–H and O–H groups in total. The van der Waals surface area contributed by atoms with E-state index in [0.717, 1.165) is 34.2 Å². The van der Waals surface area contributed by atoms with E-state index in [2.05, 4.69) is 21.8 Å². The van der Waals surface area contributed by atoms with Gasteiger partial charge < -0.3 is 14.6 Å². The fourth-order valence-electron chi connectivity index (χ4n) is 3.89. The molecule has 1 saturated heterocycles. The number of hydrogen-bond acceptors (Lipinski definition) is 6. The molecule has 0 spiro atoms. The Balaban J connectivity index is 1.77. The molecule has 8 nitrogen and oxygen atoms in total. The van der Waals surface area contributed by atoms with Crippen molar-refractivity contribution in [3.8, 4) is 11.3 Å². The molecule has 4 aromatic heterocycles. The summed E-state index contributed by atoms with van der Waals surface area (Å²) in [4.78, 5) is 14.5. The summed E-state index contributed by atoms with van der Waals surface area (Å²) >= 11 is 0. The molecule has 29 heavy (non-hydrogen) atoms. The van der Waals surface area contributed by atoms with Crippen LogP contribution in [0.5, 0.6) is 0 Å². The Hall–Kier alpha value is -2.91. The molecule has 0 aromatic carbocycles.